The van der Waals surface area contributed by atoms with Crippen LogP contribution in [0.4, 0.5) is 13.2 Å². The first-order valence-electron chi connectivity index (χ1n) is 7.86. The predicted molar refractivity (Wildman–Crippen MR) is 99.5 cm³/mol. The van der Waals surface area contributed by atoms with Gasteiger partial charge in [0.05, 0.1) is 5.56 Å². The van der Waals surface area contributed by atoms with Crippen molar-refractivity contribution in [3.63, 3.8) is 0 Å². The zero-order valence-corrected chi connectivity index (χ0v) is 15.3. The lowest BCUT2D eigenvalue weighted by molar-refractivity contribution is -0.146. The number of halogens is 5. The molecule has 4 aromatic rings. The van der Waals surface area contributed by atoms with Gasteiger partial charge in [-0.3, -0.25) is 9.89 Å². The Morgan fingerprint density at radius 1 is 0.821 bits per heavy atom. The lowest BCUT2D eigenvalue weighted by Gasteiger charge is -2.12. The quantitative estimate of drug-likeness (QED) is 0.488. The van der Waals surface area contributed by atoms with Crippen molar-refractivity contribution < 1.29 is 13.2 Å². The van der Waals surface area contributed by atoms with E-state index in [4.69, 9.17) is 23.2 Å². The molecule has 0 spiro atoms. The molecule has 0 amide bonds. The van der Waals surface area contributed by atoms with Crippen molar-refractivity contribution in [1.82, 2.24) is 19.8 Å². The molecular formula is C18H9Cl2F3N4O. The van der Waals surface area contributed by atoms with Crippen LogP contribution in [-0.2, 0) is 6.18 Å². The highest BCUT2D eigenvalue weighted by Crippen LogP contribution is 2.35. The number of fused-ring (bicyclic) bond motifs is 1. The van der Waals surface area contributed by atoms with Gasteiger partial charge in [0.15, 0.2) is 5.65 Å². The van der Waals surface area contributed by atoms with E-state index in [-0.39, 0.29) is 16.8 Å². The zero-order chi connectivity index (χ0) is 20.1. The highest BCUT2D eigenvalue weighted by atomic mass is 35.5. The first-order valence-corrected chi connectivity index (χ1v) is 8.62. The largest absolute Gasteiger partial charge is 0.453 e. The van der Waals surface area contributed by atoms with Crippen LogP contribution >= 0.6 is 23.2 Å². The maximum Gasteiger partial charge on any atom is 0.453 e. The van der Waals surface area contributed by atoms with E-state index in [0.717, 1.165) is 0 Å². The van der Waals surface area contributed by atoms with Crippen LogP contribution in [0.5, 0.6) is 0 Å². The summed E-state index contributed by atoms with van der Waals surface area (Å²) in [7, 11) is 0. The number of aromatic amines is 1. The van der Waals surface area contributed by atoms with Crippen LogP contribution in [-0.4, -0.2) is 19.8 Å². The fourth-order valence-electron chi connectivity index (χ4n) is 2.90. The Morgan fingerprint density at radius 3 is 1.82 bits per heavy atom. The Bertz CT molecular complexity index is 1230. The lowest BCUT2D eigenvalue weighted by atomic mass is 9.97. The zero-order valence-electron chi connectivity index (χ0n) is 13.8. The number of benzene rings is 2. The highest BCUT2D eigenvalue weighted by Gasteiger charge is 2.38. The molecule has 0 fully saturated rings. The van der Waals surface area contributed by atoms with Gasteiger partial charge in [-0.05, 0) is 35.4 Å². The summed E-state index contributed by atoms with van der Waals surface area (Å²) in [6.07, 6.45) is -4.79. The summed E-state index contributed by atoms with van der Waals surface area (Å²) in [6.45, 7) is 0. The van der Waals surface area contributed by atoms with Crippen LogP contribution in [0, 0.1) is 0 Å². The molecule has 142 valence electrons. The van der Waals surface area contributed by atoms with Gasteiger partial charge in [-0.1, -0.05) is 47.5 Å². The van der Waals surface area contributed by atoms with Gasteiger partial charge in [0.2, 0.25) is 0 Å². The molecule has 0 unspecified atom stereocenters. The van der Waals surface area contributed by atoms with E-state index in [1.54, 1.807) is 48.5 Å². The molecule has 0 bridgehead atoms. The molecule has 4 rings (SSSR count). The third-order valence-corrected chi connectivity index (χ3v) is 4.60. The van der Waals surface area contributed by atoms with Gasteiger partial charge < -0.3 is 0 Å². The number of H-pyrrole nitrogens is 1. The van der Waals surface area contributed by atoms with Crippen LogP contribution < -0.4 is 5.56 Å². The standard InChI is InChI=1S/C18H9Cl2F3N4O/c19-11-5-1-9(2-6-11)13-14(10-3-7-12(20)8-4-10)16(28)26-27-15(13)24-25-17(27)18(21,22)23/h1-8H,(H,26,28). The minimum atomic E-state index is -4.79. The van der Waals surface area contributed by atoms with E-state index in [9.17, 15) is 18.0 Å². The van der Waals surface area contributed by atoms with Gasteiger partial charge in [-0.2, -0.15) is 13.2 Å². The minimum absolute atomic E-state index is 0.140. The van der Waals surface area contributed by atoms with Crippen molar-refractivity contribution >= 4 is 28.8 Å². The smallest absolute Gasteiger partial charge is 0.267 e. The molecule has 28 heavy (non-hydrogen) atoms. The van der Waals surface area contributed by atoms with E-state index in [1.807, 2.05) is 0 Å². The molecule has 5 nitrogen and oxygen atoms in total. The van der Waals surface area contributed by atoms with Gasteiger partial charge in [-0.25, -0.2) is 4.52 Å². The molecule has 2 aromatic heterocycles. The summed E-state index contributed by atoms with van der Waals surface area (Å²) in [4.78, 5) is 12.8. The lowest BCUT2D eigenvalue weighted by Crippen LogP contribution is -2.20. The topological polar surface area (TPSA) is 63.0 Å². The van der Waals surface area contributed by atoms with Crippen molar-refractivity contribution in [1.29, 1.82) is 0 Å². The summed E-state index contributed by atoms with van der Waals surface area (Å²) < 4.78 is 40.3. The van der Waals surface area contributed by atoms with Gasteiger partial charge in [0, 0.05) is 15.6 Å². The minimum Gasteiger partial charge on any atom is -0.267 e. The number of aromatic nitrogens is 4. The number of rotatable bonds is 2. The maximum absolute atomic E-state index is 13.3. The van der Waals surface area contributed by atoms with Crippen molar-refractivity contribution in [2.45, 2.75) is 6.18 Å². The molecule has 1 N–H and O–H groups in total. The second kappa shape index (κ2) is 6.65. The molecule has 0 saturated heterocycles. The van der Waals surface area contributed by atoms with E-state index in [2.05, 4.69) is 15.3 Å². The molecule has 2 heterocycles. The number of nitrogens with zero attached hydrogens (tertiary/aromatic N) is 3. The third kappa shape index (κ3) is 3.14. The maximum atomic E-state index is 13.3. The molecule has 10 heteroatoms. The van der Waals surface area contributed by atoms with E-state index in [1.165, 1.54) is 0 Å². The Hall–Kier alpha value is -2.84. The van der Waals surface area contributed by atoms with Crippen molar-refractivity contribution in [2.24, 2.45) is 0 Å². The first-order chi connectivity index (χ1) is 13.3. The summed E-state index contributed by atoms with van der Waals surface area (Å²) in [5.41, 5.74) is 0.406. The molecular weight excluding hydrogens is 416 g/mol. The Kier molecular flexibility index (Phi) is 4.40. The number of hydrogen-bond donors (Lipinski definition) is 1. The molecule has 0 radical (unpaired) electrons. The second-order valence-electron chi connectivity index (χ2n) is 5.89. The van der Waals surface area contributed by atoms with Gasteiger partial charge >= 0.3 is 6.18 Å². The Morgan fingerprint density at radius 2 is 1.32 bits per heavy atom. The molecule has 0 aliphatic rings. The molecule has 0 atom stereocenters. The molecule has 2 aromatic carbocycles. The van der Waals surface area contributed by atoms with E-state index in [0.29, 0.717) is 25.7 Å². The fourth-order valence-corrected chi connectivity index (χ4v) is 3.15. The van der Waals surface area contributed by atoms with Crippen LogP contribution in [0.15, 0.2) is 53.3 Å². The average molecular weight is 425 g/mol. The summed E-state index contributed by atoms with van der Waals surface area (Å²) in [5.74, 6) is -1.32. The monoisotopic (exact) mass is 424 g/mol. The molecule has 0 aliphatic carbocycles. The average Bonchev–Trinajstić information content (AvgIpc) is 3.06. The number of alkyl halides is 3. The van der Waals surface area contributed by atoms with Crippen LogP contribution in [0.3, 0.4) is 0 Å². The first kappa shape index (κ1) is 18.5. The summed E-state index contributed by atoms with van der Waals surface area (Å²) in [5, 5.41) is 10.0. The third-order valence-electron chi connectivity index (χ3n) is 4.10. The highest BCUT2D eigenvalue weighted by molar-refractivity contribution is 6.31. The molecule has 0 saturated carbocycles. The molecule has 0 aliphatic heterocycles. The van der Waals surface area contributed by atoms with E-state index >= 15 is 0 Å². The Labute approximate surface area is 165 Å². The predicted octanol–water partition coefficient (Wildman–Crippen LogP) is 5.08. The Balaban J connectivity index is 2.12. The number of nitrogens with one attached hydrogen (secondary N) is 1. The SMILES string of the molecule is O=c1[nH]n2c(C(F)(F)F)nnc2c(-c2ccc(Cl)cc2)c1-c1ccc(Cl)cc1. The van der Waals surface area contributed by atoms with Gasteiger partial charge in [0.1, 0.15) is 0 Å². The van der Waals surface area contributed by atoms with Crippen molar-refractivity contribution in [2.75, 3.05) is 0 Å². The summed E-state index contributed by atoms with van der Waals surface area (Å²) >= 11 is 11.8. The van der Waals surface area contributed by atoms with Crippen LogP contribution in [0.25, 0.3) is 27.9 Å². The normalized spacial score (nSPS) is 11.9. The van der Waals surface area contributed by atoms with Crippen LogP contribution in [0.2, 0.25) is 10.0 Å². The second-order valence-corrected chi connectivity index (χ2v) is 6.76. The van der Waals surface area contributed by atoms with Crippen molar-refractivity contribution in [3.05, 3.63) is 74.8 Å². The van der Waals surface area contributed by atoms with Crippen molar-refractivity contribution in [3.8, 4) is 22.3 Å². The summed E-state index contributed by atoms with van der Waals surface area (Å²) in [6, 6.07) is 12.7. The van der Waals surface area contributed by atoms with Gasteiger partial charge in [0.25, 0.3) is 11.4 Å². The van der Waals surface area contributed by atoms with E-state index < -0.39 is 17.6 Å². The fraction of sp³-hybridized carbons (Fsp3) is 0.0556. The number of hydrogen-bond acceptors (Lipinski definition) is 3. The van der Waals surface area contributed by atoms with Gasteiger partial charge in [-0.15, -0.1) is 10.2 Å². The van der Waals surface area contributed by atoms with Crippen LogP contribution in [0.1, 0.15) is 5.82 Å².